The van der Waals surface area contributed by atoms with Gasteiger partial charge in [-0.25, -0.2) is 4.98 Å². The van der Waals surface area contributed by atoms with E-state index in [9.17, 15) is 0 Å². The molecule has 2 aromatic rings. The lowest BCUT2D eigenvalue weighted by atomic mass is 10.2. The number of rotatable bonds is 5. The first-order chi connectivity index (χ1) is 11.7. The van der Waals surface area contributed by atoms with Gasteiger partial charge in [-0.2, -0.15) is 0 Å². The van der Waals surface area contributed by atoms with Gasteiger partial charge in [-0.15, -0.1) is 11.3 Å². The van der Waals surface area contributed by atoms with E-state index in [0.29, 0.717) is 19.8 Å². The molecule has 0 radical (unpaired) electrons. The van der Waals surface area contributed by atoms with Gasteiger partial charge in [0.1, 0.15) is 13.2 Å². The molecule has 7 heteroatoms. The Bertz CT molecular complexity index is 714. The fourth-order valence-electron chi connectivity index (χ4n) is 2.41. The molecule has 24 heavy (non-hydrogen) atoms. The zero-order chi connectivity index (χ0) is 16.8. The molecule has 1 aromatic heterocycles. The summed E-state index contributed by atoms with van der Waals surface area (Å²) in [4.78, 5) is 9.86. The van der Waals surface area contributed by atoms with E-state index in [-0.39, 0.29) is 0 Å². The molecule has 2 N–H and O–H groups in total. The highest BCUT2D eigenvalue weighted by Gasteiger charge is 2.11. The van der Waals surface area contributed by atoms with E-state index in [4.69, 9.17) is 9.47 Å². The molecule has 3 rings (SSSR count). The summed E-state index contributed by atoms with van der Waals surface area (Å²) >= 11 is 1.73. The molecule has 0 fully saturated rings. The van der Waals surface area contributed by atoms with Crippen LogP contribution in [0.4, 0.5) is 0 Å². The number of thiazole rings is 1. The van der Waals surface area contributed by atoms with Crippen molar-refractivity contribution >= 4 is 17.3 Å². The van der Waals surface area contributed by atoms with Gasteiger partial charge in [-0.1, -0.05) is 6.07 Å². The fraction of sp³-hybridized carbons (Fsp3) is 0.412. The highest BCUT2D eigenvalue weighted by Crippen LogP contribution is 2.30. The Balaban J connectivity index is 1.47. The van der Waals surface area contributed by atoms with Gasteiger partial charge in [0.25, 0.3) is 0 Å². The van der Waals surface area contributed by atoms with Gasteiger partial charge in [-0.3, -0.25) is 4.99 Å². The van der Waals surface area contributed by atoms with Crippen molar-refractivity contribution in [2.75, 3.05) is 26.8 Å². The van der Waals surface area contributed by atoms with Crippen LogP contribution in [0.5, 0.6) is 11.5 Å². The molecule has 6 nitrogen and oxygen atoms in total. The molecule has 128 valence electrons. The van der Waals surface area contributed by atoms with E-state index in [1.807, 2.05) is 24.4 Å². The predicted molar refractivity (Wildman–Crippen MR) is 96.2 cm³/mol. The quantitative estimate of drug-likeness (QED) is 0.641. The van der Waals surface area contributed by atoms with Crippen LogP contribution in [-0.2, 0) is 13.0 Å². The van der Waals surface area contributed by atoms with Crippen molar-refractivity contribution in [3.63, 3.8) is 0 Å². The van der Waals surface area contributed by atoms with Crippen LogP contribution in [0.3, 0.4) is 0 Å². The fourth-order valence-corrected chi connectivity index (χ4v) is 3.20. The van der Waals surface area contributed by atoms with E-state index in [0.717, 1.165) is 41.0 Å². The maximum absolute atomic E-state index is 5.61. The molecule has 1 aliphatic heterocycles. The summed E-state index contributed by atoms with van der Waals surface area (Å²) in [6.07, 6.45) is 2.80. The number of aryl methyl sites for hydroxylation is 1. The highest BCUT2D eigenvalue weighted by atomic mass is 32.1. The zero-order valence-electron chi connectivity index (χ0n) is 14.0. The van der Waals surface area contributed by atoms with Gasteiger partial charge in [0.2, 0.25) is 0 Å². The Morgan fingerprint density at radius 3 is 2.83 bits per heavy atom. The number of fused-ring (bicyclic) bond motifs is 1. The van der Waals surface area contributed by atoms with E-state index < -0.39 is 0 Å². The minimum absolute atomic E-state index is 0.601. The molecule has 0 saturated heterocycles. The molecule has 0 bridgehead atoms. The monoisotopic (exact) mass is 346 g/mol. The summed E-state index contributed by atoms with van der Waals surface area (Å²) in [5.41, 5.74) is 1.12. The van der Waals surface area contributed by atoms with Gasteiger partial charge < -0.3 is 20.1 Å². The van der Waals surface area contributed by atoms with Crippen molar-refractivity contribution in [2.24, 2.45) is 4.99 Å². The van der Waals surface area contributed by atoms with Gasteiger partial charge in [0, 0.05) is 37.6 Å². The average molecular weight is 346 g/mol. The first kappa shape index (κ1) is 16.6. The van der Waals surface area contributed by atoms with Crippen molar-refractivity contribution < 1.29 is 9.47 Å². The van der Waals surface area contributed by atoms with E-state index in [1.54, 1.807) is 18.4 Å². The molecular formula is C17H22N4O2S. The number of aromatic nitrogens is 1. The first-order valence-electron chi connectivity index (χ1n) is 7.99. The minimum atomic E-state index is 0.601. The van der Waals surface area contributed by atoms with Crippen molar-refractivity contribution in [1.82, 2.24) is 15.6 Å². The lowest BCUT2D eigenvalue weighted by Crippen LogP contribution is -2.37. The predicted octanol–water partition coefficient (Wildman–Crippen LogP) is 2.13. The van der Waals surface area contributed by atoms with Gasteiger partial charge in [0.15, 0.2) is 17.5 Å². The SMILES string of the molecule is CN=C(NCCc1ncc(C)s1)NCc1ccc2c(c1)OCCO2. The summed E-state index contributed by atoms with van der Waals surface area (Å²) in [5, 5.41) is 7.76. The van der Waals surface area contributed by atoms with Crippen LogP contribution >= 0.6 is 11.3 Å². The summed E-state index contributed by atoms with van der Waals surface area (Å²) in [6, 6.07) is 5.99. The molecule has 0 unspecified atom stereocenters. The number of hydrogen-bond donors (Lipinski definition) is 2. The third-order valence-electron chi connectivity index (χ3n) is 3.59. The average Bonchev–Trinajstić information content (AvgIpc) is 3.03. The third kappa shape index (κ3) is 4.38. The van der Waals surface area contributed by atoms with Crippen LogP contribution < -0.4 is 20.1 Å². The topological polar surface area (TPSA) is 67.8 Å². The largest absolute Gasteiger partial charge is 0.486 e. The Kier molecular flexibility index (Phi) is 5.53. The summed E-state index contributed by atoms with van der Waals surface area (Å²) in [5.74, 6) is 2.40. The number of ether oxygens (including phenoxy) is 2. The standard InChI is InChI=1S/C17H22N4O2S/c1-12-10-20-16(24-12)5-6-19-17(18-2)21-11-13-3-4-14-15(9-13)23-8-7-22-14/h3-4,9-10H,5-8,11H2,1-2H3,(H2,18,19,21). The number of aliphatic imine (C=N–C) groups is 1. The number of benzene rings is 1. The number of hydrogen-bond acceptors (Lipinski definition) is 5. The lowest BCUT2D eigenvalue weighted by Gasteiger charge is -2.19. The van der Waals surface area contributed by atoms with Gasteiger partial charge >= 0.3 is 0 Å². The van der Waals surface area contributed by atoms with E-state index >= 15 is 0 Å². The number of nitrogens with zero attached hydrogens (tertiary/aromatic N) is 2. The molecule has 0 atom stereocenters. The van der Waals surface area contributed by atoms with E-state index in [2.05, 4.69) is 27.5 Å². The Morgan fingerprint density at radius 2 is 2.08 bits per heavy atom. The smallest absolute Gasteiger partial charge is 0.191 e. The molecule has 0 saturated carbocycles. The molecule has 1 aliphatic rings. The first-order valence-corrected chi connectivity index (χ1v) is 8.80. The molecule has 0 spiro atoms. The third-order valence-corrected chi connectivity index (χ3v) is 4.56. The second-order valence-electron chi connectivity index (χ2n) is 5.45. The Morgan fingerprint density at radius 1 is 1.25 bits per heavy atom. The number of nitrogens with one attached hydrogen (secondary N) is 2. The maximum Gasteiger partial charge on any atom is 0.191 e. The zero-order valence-corrected chi connectivity index (χ0v) is 14.8. The van der Waals surface area contributed by atoms with Crippen LogP contribution in [0.15, 0.2) is 29.4 Å². The van der Waals surface area contributed by atoms with Crippen LogP contribution in [0.2, 0.25) is 0 Å². The molecule has 1 aromatic carbocycles. The summed E-state index contributed by atoms with van der Waals surface area (Å²) in [7, 11) is 1.77. The Hall–Kier alpha value is -2.28. The van der Waals surface area contributed by atoms with Crippen LogP contribution in [0.1, 0.15) is 15.4 Å². The minimum Gasteiger partial charge on any atom is -0.486 e. The van der Waals surface area contributed by atoms with Crippen molar-refractivity contribution in [2.45, 2.75) is 19.9 Å². The normalized spacial score (nSPS) is 13.7. The van der Waals surface area contributed by atoms with Gasteiger partial charge in [0.05, 0.1) is 5.01 Å². The highest BCUT2D eigenvalue weighted by molar-refractivity contribution is 7.11. The van der Waals surface area contributed by atoms with Crippen molar-refractivity contribution in [1.29, 1.82) is 0 Å². The molecule has 0 aliphatic carbocycles. The second kappa shape index (κ2) is 8.01. The maximum atomic E-state index is 5.61. The molecule has 2 heterocycles. The second-order valence-corrected chi connectivity index (χ2v) is 6.76. The number of guanidine groups is 1. The Labute approximate surface area is 145 Å². The van der Waals surface area contributed by atoms with Crippen LogP contribution in [-0.4, -0.2) is 37.7 Å². The van der Waals surface area contributed by atoms with Crippen LogP contribution in [0, 0.1) is 6.92 Å². The van der Waals surface area contributed by atoms with Gasteiger partial charge in [-0.05, 0) is 24.6 Å². The summed E-state index contributed by atoms with van der Waals surface area (Å²) < 4.78 is 11.1. The van der Waals surface area contributed by atoms with E-state index in [1.165, 1.54) is 4.88 Å². The van der Waals surface area contributed by atoms with Crippen molar-refractivity contribution in [3.8, 4) is 11.5 Å². The lowest BCUT2D eigenvalue weighted by molar-refractivity contribution is 0.171. The molecular weight excluding hydrogens is 324 g/mol. The summed E-state index contributed by atoms with van der Waals surface area (Å²) in [6.45, 7) is 4.76. The van der Waals surface area contributed by atoms with Crippen molar-refractivity contribution in [3.05, 3.63) is 39.8 Å². The molecule has 0 amide bonds. The van der Waals surface area contributed by atoms with Crippen LogP contribution in [0.25, 0.3) is 0 Å².